The highest BCUT2D eigenvalue weighted by molar-refractivity contribution is 5.30. The van der Waals surface area contributed by atoms with E-state index < -0.39 is 0 Å². The van der Waals surface area contributed by atoms with Crippen LogP contribution in [0.3, 0.4) is 0 Å². The van der Waals surface area contributed by atoms with E-state index in [1.54, 1.807) is 0 Å². The van der Waals surface area contributed by atoms with Gasteiger partial charge in [-0.15, -0.1) is 0 Å². The van der Waals surface area contributed by atoms with Crippen LogP contribution in [0.4, 0.5) is 0 Å². The summed E-state index contributed by atoms with van der Waals surface area (Å²) < 4.78 is 6.01. The average Bonchev–Trinajstić information content (AvgIpc) is 2.48. The Kier molecular flexibility index (Phi) is 5.42. The molecule has 1 N–H and O–H groups in total. The normalized spacial score (nSPS) is 22.2. The van der Waals surface area contributed by atoms with Crippen molar-refractivity contribution < 1.29 is 4.74 Å². The maximum absolute atomic E-state index is 6.01. The van der Waals surface area contributed by atoms with Crippen molar-refractivity contribution in [1.29, 1.82) is 0 Å². The minimum absolute atomic E-state index is 0.202. The van der Waals surface area contributed by atoms with Gasteiger partial charge >= 0.3 is 0 Å². The van der Waals surface area contributed by atoms with Crippen LogP contribution in [-0.2, 0) is 10.2 Å². The lowest BCUT2D eigenvalue weighted by atomic mass is 9.86. The fourth-order valence-electron chi connectivity index (χ4n) is 2.98. The van der Waals surface area contributed by atoms with E-state index in [-0.39, 0.29) is 17.6 Å². The fourth-order valence-corrected chi connectivity index (χ4v) is 2.98. The fraction of sp³-hybridized carbons (Fsp3) is 0.667. The Labute approximate surface area is 129 Å². The van der Waals surface area contributed by atoms with Crippen molar-refractivity contribution in [3.05, 3.63) is 35.4 Å². The van der Waals surface area contributed by atoms with Crippen LogP contribution >= 0.6 is 0 Å². The number of rotatable bonds is 4. The number of benzene rings is 1. The first-order valence-corrected chi connectivity index (χ1v) is 8.07. The van der Waals surface area contributed by atoms with Crippen LogP contribution in [-0.4, -0.2) is 44.3 Å². The summed E-state index contributed by atoms with van der Waals surface area (Å²) in [6, 6.07) is 9.25. The number of nitrogens with zero attached hydrogens (tertiary/aromatic N) is 1. The van der Waals surface area contributed by atoms with Crippen LogP contribution in [0.25, 0.3) is 0 Å². The number of hydrogen-bond acceptors (Lipinski definition) is 3. The van der Waals surface area contributed by atoms with Gasteiger partial charge in [-0.1, -0.05) is 52.0 Å². The molecule has 0 aliphatic carbocycles. The molecule has 1 aromatic rings. The zero-order valence-electron chi connectivity index (χ0n) is 14.1. The quantitative estimate of drug-likeness (QED) is 0.922. The second kappa shape index (κ2) is 6.91. The Balaban J connectivity index is 2.13. The van der Waals surface area contributed by atoms with E-state index >= 15 is 0 Å². The largest absolute Gasteiger partial charge is 0.374 e. The topological polar surface area (TPSA) is 24.5 Å². The summed E-state index contributed by atoms with van der Waals surface area (Å²) in [5.74, 6) is 0. The Bertz CT molecular complexity index is 436. The van der Waals surface area contributed by atoms with Crippen LogP contribution in [0, 0.1) is 0 Å². The molecule has 0 amide bonds. The Morgan fingerprint density at radius 3 is 2.48 bits per heavy atom. The van der Waals surface area contributed by atoms with Crippen LogP contribution in [0.5, 0.6) is 0 Å². The minimum Gasteiger partial charge on any atom is -0.374 e. The van der Waals surface area contributed by atoms with E-state index in [2.05, 4.69) is 62.2 Å². The van der Waals surface area contributed by atoms with Gasteiger partial charge in [-0.3, -0.25) is 4.90 Å². The molecule has 1 aromatic carbocycles. The van der Waals surface area contributed by atoms with Gasteiger partial charge < -0.3 is 10.1 Å². The third-order valence-corrected chi connectivity index (χ3v) is 4.44. The molecular weight excluding hydrogens is 260 g/mol. The lowest BCUT2D eigenvalue weighted by Gasteiger charge is -2.36. The molecule has 2 unspecified atom stereocenters. The van der Waals surface area contributed by atoms with Gasteiger partial charge in [0.05, 0.1) is 18.8 Å². The Morgan fingerprint density at radius 2 is 1.95 bits per heavy atom. The molecule has 118 valence electrons. The zero-order chi connectivity index (χ0) is 15.5. The summed E-state index contributed by atoms with van der Waals surface area (Å²) in [5, 5.41) is 3.44. The van der Waals surface area contributed by atoms with Gasteiger partial charge in [0.2, 0.25) is 0 Å². The number of morpholine rings is 1. The highest BCUT2D eigenvalue weighted by Gasteiger charge is 2.28. The molecule has 2 atom stereocenters. The van der Waals surface area contributed by atoms with Crippen molar-refractivity contribution in [3.8, 4) is 0 Å². The smallest absolute Gasteiger partial charge is 0.0896 e. The van der Waals surface area contributed by atoms with Crippen molar-refractivity contribution >= 4 is 0 Å². The monoisotopic (exact) mass is 290 g/mol. The summed E-state index contributed by atoms with van der Waals surface area (Å²) in [6.07, 6.45) is 0.226. The third kappa shape index (κ3) is 4.06. The van der Waals surface area contributed by atoms with Gasteiger partial charge in [-0.25, -0.2) is 0 Å². The summed E-state index contributed by atoms with van der Waals surface area (Å²) in [5.41, 5.74) is 2.89. The van der Waals surface area contributed by atoms with E-state index in [1.807, 2.05) is 7.05 Å². The molecule has 0 saturated carbocycles. The summed E-state index contributed by atoms with van der Waals surface area (Å²) >= 11 is 0. The third-order valence-electron chi connectivity index (χ3n) is 4.44. The SMILES string of the molecule is CCN1CCOC(C(NC)c2ccc(C(C)(C)C)cc2)C1. The molecule has 3 heteroatoms. The van der Waals surface area contributed by atoms with Crippen molar-refractivity contribution in [3.63, 3.8) is 0 Å². The first-order valence-electron chi connectivity index (χ1n) is 8.07. The first-order chi connectivity index (χ1) is 9.95. The maximum atomic E-state index is 6.01. The van der Waals surface area contributed by atoms with Gasteiger partial charge in [0.1, 0.15) is 0 Å². The lowest BCUT2D eigenvalue weighted by Crippen LogP contribution is -2.47. The summed E-state index contributed by atoms with van der Waals surface area (Å²) in [4.78, 5) is 2.46. The summed E-state index contributed by atoms with van der Waals surface area (Å²) in [6.45, 7) is 12.9. The summed E-state index contributed by atoms with van der Waals surface area (Å²) in [7, 11) is 2.02. The minimum atomic E-state index is 0.202. The van der Waals surface area contributed by atoms with Gasteiger partial charge in [0, 0.05) is 13.1 Å². The van der Waals surface area contributed by atoms with Gasteiger partial charge in [0.25, 0.3) is 0 Å². The highest BCUT2D eigenvalue weighted by Crippen LogP contribution is 2.26. The second-order valence-electron chi connectivity index (χ2n) is 6.94. The highest BCUT2D eigenvalue weighted by atomic mass is 16.5. The molecule has 1 saturated heterocycles. The molecule has 1 aliphatic heterocycles. The standard InChI is InChI=1S/C18H30N2O/c1-6-20-11-12-21-16(13-20)17(19-5)14-7-9-15(10-8-14)18(2,3)4/h7-10,16-17,19H,6,11-13H2,1-5H3. The molecule has 0 bridgehead atoms. The maximum Gasteiger partial charge on any atom is 0.0896 e. The van der Waals surface area contributed by atoms with E-state index in [9.17, 15) is 0 Å². The first kappa shape index (κ1) is 16.5. The van der Waals surface area contributed by atoms with Gasteiger partial charge in [-0.05, 0) is 30.1 Å². The average molecular weight is 290 g/mol. The molecule has 21 heavy (non-hydrogen) atoms. The van der Waals surface area contributed by atoms with Crippen molar-refractivity contribution in [2.45, 2.75) is 45.3 Å². The number of ether oxygens (including phenoxy) is 1. The van der Waals surface area contributed by atoms with Crippen molar-refractivity contribution in [2.75, 3.05) is 33.3 Å². The van der Waals surface area contributed by atoms with Gasteiger partial charge in [-0.2, -0.15) is 0 Å². The van der Waals surface area contributed by atoms with Crippen LogP contribution in [0.15, 0.2) is 24.3 Å². The van der Waals surface area contributed by atoms with Crippen LogP contribution < -0.4 is 5.32 Å². The van der Waals surface area contributed by atoms with Crippen molar-refractivity contribution in [1.82, 2.24) is 10.2 Å². The predicted molar refractivity (Wildman–Crippen MR) is 88.8 cm³/mol. The molecule has 0 spiro atoms. The van der Waals surface area contributed by atoms with Crippen molar-refractivity contribution in [2.24, 2.45) is 0 Å². The molecular formula is C18H30N2O. The molecule has 0 aromatic heterocycles. The molecule has 1 aliphatic rings. The number of nitrogens with one attached hydrogen (secondary N) is 1. The van der Waals surface area contributed by atoms with Gasteiger partial charge in [0.15, 0.2) is 0 Å². The van der Waals surface area contributed by atoms with E-state index in [4.69, 9.17) is 4.74 Å². The second-order valence-corrected chi connectivity index (χ2v) is 6.94. The number of hydrogen-bond donors (Lipinski definition) is 1. The van der Waals surface area contributed by atoms with E-state index in [1.165, 1.54) is 11.1 Å². The Morgan fingerprint density at radius 1 is 1.29 bits per heavy atom. The lowest BCUT2D eigenvalue weighted by molar-refractivity contribution is -0.0444. The predicted octanol–water partition coefficient (Wildman–Crippen LogP) is 2.97. The van der Waals surface area contributed by atoms with Crippen LogP contribution in [0.2, 0.25) is 0 Å². The molecule has 2 rings (SSSR count). The molecule has 1 fully saturated rings. The molecule has 3 nitrogen and oxygen atoms in total. The Hall–Kier alpha value is -0.900. The van der Waals surface area contributed by atoms with E-state index in [0.29, 0.717) is 0 Å². The zero-order valence-corrected chi connectivity index (χ0v) is 14.1. The number of likely N-dealkylation sites (N-methyl/N-ethyl adjacent to an activating group) is 2. The molecule has 0 radical (unpaired) electrons. The molecule has 1 heterocycles. The van der Waals surface area contributed by atoms with Crippen LogP contribution in [0.1, 0.15) is 44.9 Å². The van der Waals surface area contributed by atoms with E-state index in [0.717, 1.165) is 26.2 Å².